The van der Waals surface area contributed by atoms with Crippen molar-refractivity contribution in [1.29, 1.82) is 5.26 Å². The molecule has 0 atom stereocenters. The predicted octanol–water partition coefficient (Wildman–Crippen LogP) is 1.46. The van der Waals surface area contributed by atoms with Crippen molar-refractivity contribution in [2.45, 2.75) is 6.54 Å². The number of ether oxygens (including phenoxy) is 1. The monoisotopic (exact) mass is 224 g/mol. The number of hydrogen-bond acceptors (Lipinski definition) is 4. The summed E-state index contributed by atoms with van der Waals surface area (Å²) >= 11 is 5.86. The van der Waals surface area contributed by atoms with Gasteiger partial charge in [0.1, 0.15) is 6.07 Å². The van der Waals surface area contributed by atoms with Crippen molar-refractivity contribution in [3.8, 4) is 6.07 Å². The van der Waals surface area contributed by atoms with Gasteiger partial charge in [0.15, 0.2) is 0 Å². The van der Waals surface area contributed by atoms with E-state index in [0.29, 0.717) is 5.56 Å². The Morgan fingerprint density at radius 3 is 2.80 bits per heavy atom. The quantitative estimate of drug-likeness (QED) is 0.772. The summed E-state index contributed by atoms with van der Waals surface area (Å²) in [5.74, 6) is -0.625. The van der Waals surface area contributed by atoms with Crippen LogP contribution >= 0.6 is 11.6 Å². The second-order valence-corrected chi connectivity index (χ2v) is 3.21. The minimum Gasteiger partial charge on any atom is -0.465 e. The van der Waals surface area contributed by atoms with Gasteiger partial charge in [-0.15, -0.1) is 0 Å². The highest BCUT2D eigenvalue weighted by atomic mass is 35.5. The van der Waals surface area contributed by atoms with Crippen LogP contribution in [0.4, 0.5) is 0 Å². The minimum atomic E-state index is -0.625. The third-order valence-electron chi connectivity index (χ3n) is 1.90. The maximum absolute atomic E-state index is 11.3. The van der Waals surface area contributed by atoms with Crippen molar-refractivity contribution in [2.75, 3.05) is 7.11 Å². The van der Waals surface area contributed by atoms with Gasteiger partial charge >= 0.3 is 5.97 Å². The van der Waals surface area contributed by atoms with Crippen molar-refractivity contribution in [3.63, 3.8) is 0 Å². The molecule has 0 aliphatic carbocycles. The minimum absolute atomic E-state index is 0.0823. The Morgan fingerprint density at radius 2 is 2.33 bits per heavy atom. The predicted molar refractivity (Wildman–Crippen MR) is 55.4 cm³/mol. The maximum Gasteiger partial charge on any atom is 0.340 e. The molecule has 0 amide bonds. The zero-order valence-corrected chi connectivity index (χ0v) is 8.84. The number of hydrogen-bond donors (Lipinski definition) is 1. The maximum atomic E-state index is 11.3. The van der Waals surface area contributed by atoms with Crippen LogP contribution in [0.1, 0.15) is 21.5 Å². The summed E-state index contributed by atoms with van der Waals surface area (Å²) in [5, 5.41) is 9.03. The van der Waals surface area contributed by atoms with E-state index >= 15 is 0 Å². The van der Waals surface area contributed by atoms with Crippen LogP contribution in [0.5, 0.6) is 0 Å². The van der Waals surface area contributed by atoms with Gasteiger partial charge in [-0.05, 0) is 17.7 Å². The molecule has 0 aliphatic heterocycles. The Hall–Kier alpha value is -1.57. The number of halogens is 1. The molecule has 0 saturated carbocycles. The third-order valence-corrected chi connectivity index (χ3v) is 2.19. The van der Waals surface area contributed by atoms with Crippen molar-refractivity contribution < 1.29 is 9.53 Å². The first-order valence-electron chi connectivity index (χ1n) is 4.15. The molecule has 1 rings (SSSR count). The standard InChI is InChI=1S/C10H9ClN2O2/c1-15-10(14)9-7(5-13)2-6(4-12)3-8(9)11/h2-3H,4,12H2,1H3. The molecule has 0 bridgehead atoms. The van der Waals surface area contributed by atoms with Crippen molar-refractivity contribution in [2.24, 2.45) is 5.73 Å². The zero-order valence-electron chi connectivity index (χ0n) is 8.08. The smallest absolute Gasteiger partial charge is 0.340 e. The molecule has 15 heavy (non-hydrogen) atoms. The van der Waals surface area contributed by atoms with Gasteiger partial charge in [0.2, 0.25) is 0 Å². The molecule has 0 radical (unpaired) electrons. The van der Waals surface area contributed by atoms with Crippen LogP contribution in [0, 0.1) is 11.3 Å². The third kappa shape index (κ3) is 2.27. The highest BCUT2D eigenvalue weighted by Gasteiger charge is 2.17. The largest absolute Gasteiger partial charge is 0.465 e. The highest BCUT2D eigenvalue weighted by Crippen LogP contribution is 2.22. The molecule has 78 valence electrons. The molecule has 0 fully saturated rings. The number of methoxy groups -OCH3 is 1. The van der Waals surface area contributed by atoms with Gasteiger partial charge in [-0.3, -0.25) is 0 Å². The molecule has 4 nitrogen and oxygen atoms in total. The molecule has 0 aromatic heterocycles. The van der Waals surface area contributed by atoms with Gasteiger partial charge in [-0.2, -0.15) is 5.26 Å². The number of carbonyl (C=O) groups is 1. The van der Waals surface area contributed by atoms with Crippen LogP contribution < -0.4 is 5.73 Å². The number of rotatable bonds is 2. The first kappa shape index (κ1) is 11.5. The summed E-state index contributed by atoms with van der Waals surface area (Å²) in [6.45, 7) is 0.260. The van der Waals surface area contributed by atoms with E-state index in [1.165, 1.54) is 13.2 Å². The number of nitrogens with zero attached hydrogens (tertiary/aromatic N) is 1. The first-order chi connectivity index (χ1) is 7.13. The van der Waals surface area contributed by atoms with Gasteiger partial charge in [0.25, 0.3) is 0 Å². The fraction of sp³-hybridized carbons (Fsp3) is 0.200. The van der Waals surface area contributed by atoms with Gasteiger partial charge < -0.3 is 10.5 Å². The van der Waals surface area contributed by atoms with Crippen LogP contribution in [-0.2, 0) is 11.3 Å². The molecule has 0 heterocycles. The fourth-order valence-electron chi connectivity index (χ4n) is 1.18. The number of esters is 1. The first-order valence-corrected chi connectivity index (χ1v) is 4.52. The fourth-order valence-corrected chi connectivity index (χ4v) is 1.50. The van der Waals surface area contributed by atoms with Gasteiger partial charge in [0.05, 0.1) is 23.3 Å². The van der Waals surface area contributed by atoms with Gasteiger partial charge in [0, 0.05) is 6.54 Å². The van der Waals surface area contributed by atoms with E-state index in [1.807, 2.05) is 6.07 Å². The van der Waals surface area contributed by atoms with Crippen molar-refractivity contribution in [3.05, 3.63) is 33.8 Å². The van der Waals surface area contributed by atoms with E-state index in [1.54, 1.807) is 6.07 Å². The average molecular weight is 225 g/mol. The number of nitriles is 1. The summed E-state index contributed by atoms with van der Waals surface area (Å²) in [4.78, 5) is 11.3. The van der Waals surface area contributed by atoms with Crippen molar-refractivity contribution >= 4 is 17.6 Å². The lowest BCUT2D eigenvalue weighted by Gasteiger charge is -2.06. The lowest BCUT2D eigenvalue weighted by Crippen LogP contribution is -2.07. The topological polar surface area (TPSA) is 76.1 Å². The Labute approximate surface area is 92.2 Å². The molecule has 0 aliphatic rings. The highest BCUT2D eigenvalue weighted by molar-refractivity contribution is 6.34. The lowest BCUT2D eigenvalue weighted by molar-refractivity contribution is 0.0600. The van der Waals surface area contributed by atoms with Crippen LogP contribution in [0.3, 0.4) is 0 Å². The van der Waals surface area contributed by atoms with E-state index in [2.05, 4.69) is 4.74 Å². The number of carbonyl (C=O) groups excluding carboxylic acids is 1. The summed E-state index contributed by atoms with van der Waals surface area (Å²) in [7, 11) is 1.23. The molecule has 5 heteroatoms. The normalized spacial score (nSPS) is 9.47. The molecule has 0 unspecified atom stereocenters. The van der Waals surface area contributed by atoms with E-state index in [9.17, 15) is 4.79 Å². The summed E-state index contributed by atoms with van der Waals surface area (Å²) in [5.41, 5.74) is 6.37. The van der Waals surface area contributed by atoms with Crippen LogP contribution in [0.25, 0.3) is 0 Å². The van der Waals surface area contributed by atoms with E-state index in [4.69, 9.17) is 22.6 Å². The van der Waals surface area contributed by atoms with E-state index in [0.717, 1.165) is 0 Å². The Bertz CT molecular complexity index is 438. The molecule has 0 saturated heterocycles. The summed E-state index contributed by atoms with van der Waals surface area (Å²) < 4.78 is 4.53. The molecule has 2 N–H and O–H groups in total. The number of benzene rings is 1. The van der Waals surface area contributed by atoms with Gasteiger partial charge in [-0.1, -0.05) is 11.6 Å². The number of nitrogens with two attached hydrogens (primary N) is 1. The van der Waals surface area contributed by atoms with Crippen LogP contribution in [0.15, 0.2) is 12.1 Å². The summed E-state index contributed by atoms with van der Waals surface area (Å²) in [6, 6.07) is 4.96. The SMILES string of the molecule is COC(=O)c1c(Cl)cc(CN)cc1C#N. The Morgan fingerprint density at radius 1 is 1.67 bits per heavy atom. The molecule has 0 spiro atoms. The summed E-state index contributed by atoms with van der Waals surface area (Å²) in [6.07, 6.45) is 0. The second kappa shape index (κ2) is 4.78. The average Bonchev–Trinajstić information content (AvgIpc) is 2.26. The van der Waals surface area contributed by atoms with E-state index in [-0.39, 0.29) is 22.7 Å². The molecule has 1 aromatic carbocycles. The molecule has 1 aromatic rings. The molecular weight excluding hydrogens is 216 g/mol. The van der Waals surface area contributed by atoms with Gasteiger partial charge in [-0.25, -0.2) is 4.79 Å². The second-order valence-electron chi connectivity index (χ2n) is 2.81. The molecular formula is C10H9ClN2O2. The van der Waals surface area contributed by atoms with Crippen molar-refractivity contribution in [1.82, 2.24) is 0 Å². The van der Waals surface area contributed by atoms with Crippen LogP contribution in [0.2, 0.25) is 5.02 Å². The Kier molecular flexibility index (Phi) is 3.67. The van der Waals surface area contributed by atoms with E-state index < -0.39 is 5.97 Å². The van der Waals surface area contributed by atoms with Crippen LogP contribution in [-0.4, -0.2) is 13.1 Å². The zero-order chi connectivity index (χ0) is 11.4. The lowest BCUT2D eigenvalue weighted by atomic mass is 10.0. The Balaban J connectivity index is 3.39.